The summed E-state index contributed by atoms with van der Waals surface area (Å²) in [5, 5.41) is 0. The molecular weight excluding hydrogens is 214 g/mol. The molecule has 0 atom stereocenters. The van der Waals surface area contributed by atoms with Crippen LogP contribution in [0.2, 0.25) is 0 Å². The Morgan fingerprint density at radius 2 is 1.94 bits per heavy atom. The first-order chi connectivity index (χ1) is 8.22. The lowest BCUT2D eigenvalue weighted by Crippen LogP contribution is -2.03. The lowest BCUT2D eigenvalue weighted by atomic mass is 10.0. The number of pyridine rings is 2. The fraction of sp³-hybridized carbons (Fsp3) is 0. The smallest absolute Gasteiger partial charge is 0.133 e. The summed E-state index contributed by atoms with van der Waals surface area (Å²) in [4.78, 5) is 8.23. The first-order valence-corrected chi connectivity index (χ1v) is 5.08. The third-order valence-corrected chi connectivity index (χ3v) is 2.34. The Labute approximate surface area is 99.0 Å². The van der Waals surface area contributed by atoms with E-state index >= 15 is 0 Å². The molecule has 2 heterocycles. The number of hydrogen-bond donors (Lipinski definition) is 3. The van der Waals surface area contributed by atoms with E-state index in [1.165, 1.54) is 6.20 Å². The molecule has 0 aliphatic carbocycles. The maximum Gasteiger partial charge on any atom is 0.133 e. The molecule has 2 rings (SSSR count). The van der Waals surface area contributed by atoms with E-state index < -0.39 is 0 Å². The second-order valence-corrected chi connectivity index (χ2v) is 3.46. The second kappa shape index (κ2) is 4.52. The van der Waals surface area contributed by atoms with E-state index in [-0.39, 0.29) is 0 Å². The van der Waals surface area contributed by atoms with Crippen molar-refractivity contribution in [2.45, 2.75) is 0 Å². The summed E-state index contributed by atoms with van der Waals surface area (Å²) in [6, 6.07) is 9.03. The summed E-state index contributed by atoms with van der Waals surface area (Å²) in [6.07, 6.45) is 3.16. The number of nitrogens with two attached hydrogens (primary N) is 3. The Hall–Kier alpha value is -2.56. The van der Waals surface area contributed by atoms with Crippen LogP contribution >= 0.6 is 0 Å². The van der Waals surface area contributed by atoms with Gasteiger partial charge in [0.05, 0.1) is 5.69 Å². The molecule has 2 aromatic rings. The zero-order valence-electron chi connectivity index (χ0n) is 9.17. The molecule has 86 valence electrons. The number of anilines is 2. The van der Waals surface area contributed by atoms with E-state index in [0.717, 1.165) is 16.8 Å². The molecule has 0 fully saturated rings. The van der Waals surface area contributed by atoms with Gasteiger partial charge in [-0.05, 0) is 24.3 Å². The summed E-state index contributed by atoms with van der Waals surface area (Å²) < 4.78 is 0. The average Bonchev–Trinajstić information content (AvgIpc) is 2.34. The molecule has 0 bridgehead atoms. The van der Waals surface area contributed by atoms with Gasteiger partial charge in [0.2, 0.25) is 0 Å². The van der Waals surface area contributed by atoms with Crippen LogP contribution in [-0.4, -0.2) is 9.97 Å². The van der Waals surface area contributed by atoms with Crippen molar-refractivity contribution in [2.75, 3.05) is 11.5 Å². The Morgan fingerprint density at radius 1 is 1.12 bits per heavy atom. The summed E-state index contributed by atoms with van der Waals surface area (Å²) in [5.74, 6) is 0.719. The zero-order chi connectivity index (χ0) is 12.3. The number of rotatable bonds is 2. The molecule has 0 spiro atoms. The zero-order valence-corrected chi connectivity index (χ0v) is 9.17. The molecule has 0 radical (unpaired) electrons. The SMILES string of the molecule is N/C=C(\c1ccccn1)c1ccc(N)nc1N. The van der Waals surface area contributed by atoms with Crippen LogP contribution in [0.1, 0.15) is 11.3 Å². The number of hydrogen-bond acceptors (Lipinski definition) is 5. The molecule has 17 heavy (non-hydrogen) atoms. The third kappa shape index (κ3) is 2.17. The van der Waals surface area contributed by atoms with Crippen LogP contribution in [-0.2, 0) is 0 Å². The van der Waals surface area contributed by atoms with Crippen molar-refractivity contribution in [2.24, 2.45) is 5.73 Å². The normalized spacial score (nSPS) is 11.4. The quantitative estimate of drug-likeness (QED) is 0.709. The van der Waals surface area contributed by atoms with Gasteiger partial charge in [-0.3, -0.25) is 4.98 Å². The van der Waals surface area contributed by atoms with Gasteiger partial charge in [-0.25, -0.2) is 4.98 Å². The van der Waals surface area contributed by atoms with Crippen LogP contribution in [0, 0.1) is 0 Å². The fourth-order valence-electron chi connectivity index (χ4n) is 1.55. The van der Waals surface area contributed by atoms with E-state index in [9.17, 15) is 0 Å². The van der Waals surface area contributed by atoms with Gasteiger partial charge in [0, 0.05) is 23.5 Å². The Kier molecular flexibility index (Phi) is 2.91. The van der Waals surface area contributed by atoms with Gasteiger partial charge in [-0.1, -0.05) is 6.07 Å². The lowest BCUT2D eigenvalue weighted by Gasteiger charge is -2.09. The first-order valence-electron chi connectivity index (χ1n) is 5.08. The van der Waals surface area contributed by atoms with Crippen molar-refractivity contribution in [1.82, 2.24) is 9.97 Å². The van der Waals surface area contributed by atoms with Crippen LogP contribution < -0.4 is 17.2 Å². The number of aromatic nitrogens is 2. The minimum atomic E-state index is 0.340. The second-order valence-electron chi connectivity index (χ2n) is 3.46. The van der Waals surface area contributed by atoms with Gasteiger partial charge in [-0.15, -0.1) is 0 Å². The van der Waals surface area contributed by atoms with Crippen LogP contribution in [0.3, 0.4) is 0 Å². The van der Waals surface area contributed by atoms with Gasteiger partial charge in [0.1, 0.15) is 11.6 Å². The molecule has 0 aromatic carbocycles. The predicted octanol–water partition coefficient (Wildman–Crippen LogP) is 0.989. The molecule has 0 saturated heterocycles. The highest BCUT2D eigenvalue weighted by molar-refractivity contribution is 5.82. The van der Waals surface area contributed by atoms with Gasteiger partial charge in [-0.2, -0.15) is 0 Å². The molecule has 2 aromatic heterocycles. The van der Waals surface area contributed by atoms with E-state index in [2.05, 4.69) is 9.97 Å². The summed E-state index contributed by atoms with van der Waals surface area (Å²) >= 11 is 0. The van der Waals surface area contributed by atoms with Crippen molar-refractivity contribution in [3.05, 3.63) is 54.0 Å². The van der Waals surface area contributed by atoms with Crippen LogP contribution in [0.5, 0.6) is 0 Å². The van der Waals surface area contributed by atoms with E-state index in [0.29, 0.717) is 11.6 Å². The molecular formula is C12H13N5. The monoisotopic (exact) mass is 227 g/mol. The van der Waals surface area contributed by atoms with Gasteiger partial charge < -0.3 is 17.2 Å². The van der Waals surface area contributed by atoms with E-state index in [1.807, 2.05) is 18.2 Å². The summed E-state index contributed by atoms with van der Waals surface area (Å²) in [5.41, 5.74) is 19.2. The summed E-state index contributed by atoms with van der Waals surface area (Å²) in [7, 11) is 0. The molecule has 6 N–H and O–H groups in total. The summed E-state index contributed by atoms with van der Waals surface area (Å²) in [6.45, 7) is 0. The molecule has 0 amide bonds. The van der Waals surface area contributed by atoms with E-state index in [1.54, 1.807) is 18.3 Å². The van der Waals surface area contributed by atoms with Crippen molar-refractivity contribution in [1.29, 1.82) is 0 Å². The standard InChI is InChI=1S/C12H13N5/c13-7-9(10-3-1-2-6-16-10)8-4-5-11(14)17-12(8)15/h1-7H,13H2,(H4,14,15,17)/b9-7-. The highest BCUT2D eigenvalue weighted by Crippen LogP contribution is 2.25. The minimum absolute atomic E-state index is 0.340. The molecule has 5 heteroatoms. The number of nitrogen functional groups attached to an aromatic ring is 2. The van der Waals surface area contributed by atoms with Crippen molar-refractivity contribution in [3.63, 3.8) is 0 Å². The molecule has 5 nitrogen and oxygen atoms in total. The molecule has 0 saturated carbocycles. The molecule has 0 aliphatic rings. The van der Waals surface area contributed by atoms with Crippen molar-refractivity contribution < 1.29 is 0 Å². The average molecular weight is 227 g/mol. The van der Waals surface area contributed by atoms with Gasteiger partial charge >= 0.3 is 0 Å². The topological polar surface area (TPSA) is 104 Å². The van der Waals surface area contributed by atoms with Crippen molar-refractivity contribution in [3.8, 4) is 0 Å². The van der Waals surface area contributed by atoms with E-state index in [4.69, 9.17) is 17.2 Å². The van der Waals surface area contributed by atoms with Gasteiger partial charge in [0.15, 0.2) is 0 Å². The Bertz CT molecular complexity index is 548. The Morgan fingerprint density at radius 3 is 2.53 bits per heavy atom. The third-order valence-electron chi connectivity index (χ3n) is 2.34. The largest absolute Gasteiger partial charge is 0.404 e. The number of nitrogens with zero attached hydrogens (tertiary/aromatic N) is 2. The van der Waals surface area contributed by atoms with Crippen LogP contribution in [0.15, 0.2) is 42.7 Å². The molecule has 0 unspecified atom stereocenters. The maximum absolute atomic E-state index is 5.82. The predicted molar refractivity (Wildman–Crippen MR) is 68.6 cm³/mol. The Balaban J connectivity index is 2.51. The first kappa shape index (κ1) is 10.9. The van der Waals surface area contributed by atoms with Crippen LogP contribution in [0.25, 0.3) is 5.57 Å². The highest BCUT2D eigenvalue weighted by atomic mass is 14.9. The lowest BCUT2D eigenvalue weighted by molar-refractivity contribution is 1.25. The maximum atomic E-state index is 5.82. The van der Waals surface area contributed by atoms with Crippen LogP contribution in [0.4, 0.5) is 11.6 Å². The van der Waals surface area contributed by atoms with Gasteiger partial charge in [0.25, 0.3) is 0 Å². The minimum Gasteiger partial charge on any atom is -0.404 e. The fourth-order valence-corrected chi connectivity index (χ4v) is 1.55. The highest BCUT2D eigenvalue weighted by Gasteiger charge is 2.10. The van der Waals surface area contributed by atoms with Crippen molar-refractivity contribution >= 4 is 17.2 Å². The molecule has 0 aliphatic heterocycles.